The molecule has 5 heteroatoms. The number of amides is 1. The summed E-state index contributed by atoms with van der Waals surface area (Å²) in [4.78, 5) is 19.9. The van der Waals surface area contributed by atoms with Crippen molar-refractivity contribution in [3.8, 4) is 0 Å². The summed E-state index contributed by atoms with van der Waals surface area (Å²) in [5.74, 6) is 1.06. The molecule has 4 rings (SSSR count). The van der Waals surface area contributed by atoms with E-state index in [1.807, 2.05) is 0 Å². The Morgan fingerprint density at radius 3 is 2.38 bits per heavy atom. The van der Waals surface area contributed by atoms with Crippen LogP contribution in [0.4, 0.5) is 0 Å². The van der Waals surface area contributed by atoms with Crippen LogP contribution in [0.5, 0.6) is 0 Å². The molecule has 0 radical (unpaired) electrons. The average molecular weight is 364 g/mol. The Hall–Kier alpha value is -0.650. The van der Waals surface area contributed by atoms with Crippen molar-refractivity contribution in [2.45, 2.75) is 69.4 Å². The number of ether oxygens (including phenoxy) is 1. The molecule has 26 heavy (non-hydrogen) atoms. The monoisotopic (exact) mass is 363 g/mol. The highest BCUT2D eigenvalue weighted by Gasteiger charge is 2.42. The first-order chi connectivity index (χ1) is 12.6. The summed E-state index contributed by atoms with van der Waals surface area (Å²) in [7, 11) is 2.22. The van der Waals surface area contributed by atoms with Gasteiger partial charge < -0.3 is 14.5 Å². The molecule has 0 bridgehead atoms. The zero-order chi connectivity index (χ0) is 18.0. The van der Waals surface area contributed by atoms with E-state index >= 15 is 0 Å². The molecule has 1 atom stereocenters. The second kappa shape index (κ2) is 8.15. The topological polar surface area (TPSA) is 36.0 Å². The molecule has 4 fully saturated rings. The van der Waals surface area contributed by atoms with Crippen molar-refractivity contribution in [1.29, 1.82) is 0 Å². The number of hydrogen-bond acceptors (Lipinski definition) is 4. The second-order valence-corrected chi connectivity index (χ2v) is 9.25. The van der Waals surface area contributed by atoms with Gasteiger partial charge in [0.1, 0.15) is 0 Å². The van der Waals surface area contributed by atoms with Crippen LogP contribution in [0.25, 0.3) is 0 Å². The summed E-state index contributed by atoms with van der Waals surface area (Å²) in [6.07, 6.45) is 10.4. The van der Waals surface area contributed by atoms with Crippen LogP contribution in [0.15, 0.2) is 0 Å². The lowest BCUT2D eigenvalue weighted by atomic mass is 9.81. The molecular weight excluding hydrogens is 326 g/mol. The van der Waals surface area contributed by atoms with Crippen molar-refractivity contribution in [3.05, 3.63) is 0 Å². The lowest BCUT2D eigenvalue weighted by Gasteiger charge is -2.49. The van der Waals surface area contributed by atoms with Crippen LogP contribution in [-0.4, -0.2) is 85.2 Å². The van der Waals surface area contributed by atoms with Crippen molar-refractivity contribution < 1.29 is 9.53 Å². The Balaban J connectivity index is 1.27. The Bertz CT molecular complexity index is 476. The summed E-state index contributed by atoms with van der Waals surface area (Å²) >= 11 is 0. The molecule has 4 aliphatic rings. The van der Waals surface area contributed by atoms with E-state index in [2.05, 4.69) is 21.7 Å². The molecule has 1 saturated carbocycles. The van der Waals surface area contributed by atoms with Gasteiger partial charge in [0.2, 0.25) is 5.91 Å². The standard InChI is InChI=1S/C21H37N3O2/c1-22-11-13-23(14-12-22)19-6-15-26-21(17-19)7-9-24(10-8-21)20(25)16-18-4-2-3-5-18/h18-19H,2-17H2,1H3. The van der Waals surface area contributed by atoms with Crippen molar-refractivity contribution in [1.82, 2.24) is 14.7 Å². The number of hydrogen-bond donors (Lipinski definition) is 0. The lowest BCUT2D eigenvalue weighted by molar-refractivity contribution is -0.150. The normalized spacial score (nSPS) is 31.6. The Morgan fingerprint density at radius 2 is 1.69 bits per heavy atom. The van der Waals surface area contributed by atoms with Gasteiger partial charge in [-0.15, -0.1) is 0 Å². The number of piperazine rings is 1. The molecule has 0 aromatic heterocycles. The molecule has 0 N–H and O–H groups in total. The zero-order valence-corrected chi connectivity index (χ0v) is 16.6. The van der Waals surface area contributed by atoms with E-state index in [0.717, 1.165) is 39.0 Å². The summed E-state index contributed by atoms with van der Waals surface area (Å²) < 4.78 is 6.34. The summed E-state index contributed by atoms with van der Waals surface area (Å²) in [6.45, 7) is 7.48. The predicted molar refractivity (Wildman–Crippen MR) is 103 cm³/mol. The minimum atomic E-state index is 0.0381. The average Bonchev–Trinajstić information content (AvgIpc) is 3.16. The Labute approximate surface area is 159 Å². The van der Waals surface area contributed by atoms with E-state index < -0.39 is 0 Å². The molecule has 0 aromatic carbocycles. The molecule has 3 aliphatic heterocycles. The fraction of sp³-hybridized carbons (Fsp3) is 0.952. The maximum absolute atomic E-state index is 12.6. The van der Waals surface area contributed by atoms with Gasteiger partial charge in [-0.3, -0.25) is 9.69 Å². The number of likely N-dealkylation sites (tertiary alicyclic amines) is 1. The van der Waals surface area contributed by atoms with Crippen LogP contribution in [0.1, 0.15) is 57.8 Å². The smallest absolute Gasteiger partial charge is 0.222 e. The van der Waals surface area contributed by atoms with Gasteiger partial charge in [0.05, 0.1) is 5.60 Å². The molecule has 3 saturated heterocycles. The Morgan fingerprint density at radius 1 is 1.00 bits per heavy atom. The van der Waals surface area contributed by atoms with Gasteiger partial charge in [0, 0.05) is 58.3 Å². The van der Waals surface area contributed by atoms with Crippen LogP contribution >= 0.6 is 0 Å². The highest BCUT2D eigenvalue weighted by Crippen LogP contribution is 2.37. The largest absolute Gasteiger partial charge is 0.375 e. The SMILES string of the molecule is CN1CCN(C2CCOC3(CCN(C(=O)CC4CCCC4)CC3)C2)CC1. The van der Waals surface area contributed by atoms with Gasteiger partial charge >= 0.3 is 0 Å². The molecule has 1 aliphatic carbocycles. The Kier molecular flexibility index (Phi) is 5.87. The van der Waals surface area contributed by atoms with E-state index in [-0.39, 0.29) is 5.60 Å². The second-order valence-electron chi connectivity index (χ2n) is 9.25. The van der Waals surface area contributed by atoms with Crippen molar-refractivity contribution in [2.75, 3.05) is 52.9 Å². The quantitative estimate of drug-likeness (QED) is 0.771. The van der Waals surface area contributed by atoms with E-state index in [0.29, 0.717) is 17.9 Å². The maximum atomic E-state index is 12.6. The van der Waals surface area contributed by atoms with E-state index in [4.69, 9.17) is 4.74 Å². The van der Waals surface area contributed by atoms with Crippen molar-refractivity contribution >= 4 is 5.91 Å². The first-order valence-electron chi connectivity index (χ1n) is 11.0. The lowest BCUT2D eigenvalue weighted by Crippen LogP contribution is -2.57. The van der Waals surface area contributed by atoms with Gasteiger partial charge in [-0.1, -0.05) is 12.8 Å². The number of likely N-dealkylation sites (N-methyl/N-ethyl adjacent to an activating group) is 1. The van der Waals surface area contributed by atoms with Crippen LogP contribution in [0.3, 0.4) is 0 Å². The van der Waals surface area contributed by atoms with E-state index in [1.54, 1.807) is 0 Å². The number of carbonyl (C=O) groups excluding carboxylic acids is 1. The minimum absolute atomic E-state index is 0.0381. The summed E-state index contributed by atoms with van der Waals surface area (Å²) in [5, 5.41) is 0. The van der Waals surface area contributed by atoms with Crippen LogP contribution in [0, 0.1) is 5.92 Å². The molecular formula is C21H37N3O2. The first-order valence-corrected chi connectivity index (χ1v) is 11.0. The van der Waals surface area contributed by atoms with Gasteiger partial charge in [-0.2, -0.15) is 0 Å². The van der Waals surface area contributed by atoms with Crippen LogP contribution < -0.4 is 0 Å². The molecule has 0 aromatic rings. The fourth-order valence-electron chi connectivity index (χ4n) is 5.60. The molecule has 3 heterocycles. The predicted octanol–water partition coefficient (Wildman–Crippen LogP) is 2.35. The number of rotatable bonds is 3. The number of carbonyl (C=O) groups is 1. The highest BCUT2D eigenvalue weighted by molar-refractivity contribution is 5.76. The third kappa shape index (κ3) is 4.26. The van der Waals surface area contributed by atoms with Crippen LogP contribution in [-0.2, 0) is 9.53 Å². The highest BCUT2D eigenvalue weighted by atomic mass is 16.5. The molecule has 5 nitrogen and oxygen atoms in total. The van der Waals surface area contributed by atoms with Gasteiger partial charge in [0.15, 0.2) is 0 Å². The zero-order valence-electron chi connectivity index (χ0n) is 16.6. The minimum Gasteiger partial charge on any atom is -0.375 e. The molecule has 148 valence electrons. The molecule has 1 amide bonds. The fourth-order valence-corrected chi connectivity index (χ4v) is 5.60. The molecule has 1 unspecified atom stereocenters. The van der Waals surface area contributed by atoms with Crippen molar-refractivity contribution in [2.24, 2.45) is 5.92 Å². The maximum Gasteiger partial charge on any atom is 0.222 e. The molecule has 1 spiro atoms. The van der Waals surface area contributed by atoms with E-state index in [9.17, 15) is 4.79 Å². The third-order valence-corrected chi connectivity index (χ3v) is 7.49. The van der Waals surface area contributed by atoms with Crippen molar-refractivity contribution in [3.63, 3.8) is 0 Å². The first kappa shape index (κ1) is 18.7. The van der Waals surface area contributed by atoms with Gasteiger partial charge in [-0.05, 0) is 51.5 Å². The summed E-state index contributed by atoms with van der Waals surface area (Å²) in [6, 6.07) is 0.679. The third-order valence-electron chi connectivity index (χ3n) is 7.49. The number of nitrogens with zero attached hydrogens (tertiary/aromatic N) is 3. The van der Waals surface area contributed by atoms with Gasteiger partial charge in [0.25, 0.3) is 0 Å². The van der Waals surface area contributed by atoms with Gasteiger partial charge in [-0.25, -0.2) is 0 Å². The van der Waals surface area contributed by atoms with Crippen LogP contribution in [0.2, 0.25) is 0 Å². The summed E-state index contributed by atoms with van der Waals surface area (Å²) in [5.41, 5.74) is 0.0381. The van der Waals surface area contributed by atoms with E-state index in [1.165, 1.54) is 64.7 Å². The number of piperidine rings is 1.